The maximum absolute atomic E-state index is 12.6. The first-order valence-corrected chi connectivity index (χ1v) is 5.36. The first-order chi connectivity index (χ1) is 7.65. The van der Waals surface area contributed by atoms with E-state index in [0.717, 1.165) is 0 Å². The maximum atomic E-state index is 12.6. The highest BCUT2D eigenvalue weighted by Gasteiger charge is 2.01. The van der Waals surface area contributed by atoms with Crippen LogP contribution < -0.4 is 4.74 Å². The van der Waals surface area contributed by atoms with Gasteiger partial charge in [-0.25, -0.2) is 4.39 Å². The second-order valence-electron chi connectivity index (χ2n) is 3.17. The van der Waals surface area contributed by atoms with Gasteiger partial charge in [-0.3, -0.25) is 0 Å². The number of halogens is 2. The molecule has 82 valence electrons. The fraction of sp³-hybridized carbons (Fsp3) is 0. The molecule has 1 N–H and O–H groups in total. The maximum Gasteiger partial charge on any atom is 0.130 e. The summed E-state index contributed by atoms with van der Waals surface area (Å²) in [5, 5.41) is 9.29. The molecule has 0 fully saturated rings. The number of hydrogen-bond donors (Lipinski definition) is 1. The highest BCUT2D eigenvalue weighted by atomic mass is 79.9. The van der Waals surface area contributed by atoms with Gasteiger partial charge < -0.3 is 9.84 Å². The lowest BCUT2D eigenvalue weighted by Crippen LogP contribution is -1.84. The number of aromatic hydroxyl groups is 1. The van der Waals surface area contributed by atoms with Gasteiger partial charge in [-0.2, -0.15) is 0 Å². The van der Waals surface area contributed by atoms with Gasteiger partial charge in [-0.05, 0) is 58.4 Å². The van der Waals surface area contributed by atoms with Crippen molar-refractivity contribution in [1.82, 2.24) is 0 Å². The van der Waals surface area contributed by atoms with Crippen LogP contribution in [0, 0.1) is 5.82 Å². The van der Waals surface area contributed by atoms with E-state index in [2.05, 4.69) is 15.9 Å². The number of phenolic OH excluding ortho intramolecular Hbond substituents is 1. The number of hydrogen-bond acceptors (Lipinski definition) is 2. The topological polar surface area (TPSA) is 29.5 Å². The minimum absolute atomic E-state index is 0.145. The average Bonchev–Trinajstić information content (AvgIpc) is 2.27. The average molecular weight is 283 g/mol. The van der Waals surface area contributed by atoms with Crippen LogP contribution in [0.2, 0.25) is 0 Å². The Morgan fingerprint density at radius 3 is 2.25 bits per heavy atom. The standard InChI is InChI=1S/C12H8BrFO2/c13-11-7-10(5-6-12(11)15)16-9-3-1-8(14)2-4-9/h1-7,15H. The van der Waals surface area contributed by atoms with Gasteiger partial charge in [0.1, 0.15) is 23.1 Å². The zero-order valence-electron chi connectivity index (χ0n) is 8.15. The summed E-state index contributed by atoms with van der Waals surface area (Å²) >= 11 is 3.18. The number of rotatable bonds is 2. The summed E-state index contributed by atoms with van der Waals surface area (Å²) in [5.74, 6) is 0.945. The molecule has 0 saturated carbocycles. The first-order valence-electron chi connectivity index (χ1n) is 4.57. The molecular weight excluding hydrogens is 275 g/mol. The minimum Gasteiger partial charge on any atom is -0.507 e. The minimum atomic E-state index is -0.306. The number of phenols is 1. The van der Waals surface area contributed by atoms with E-state index in [-0.39, 0.29) is 11.6 Å². The van der Waals surface area contributed by atoms with Crippen molar-refractivity contribution >= 4 is 15.9 Å². The Kier molecular flexibility index (Phi) is 3.10. The third-order valence-electron chi connectivity index (χ3n) is 1.97. The van der Waals surface area contributed by atoms with E-state index in [1.807, 2.05) is 0 Å². The lowest BCUT2D eigenvalue weighted by atomic mass is 10.3. The van der Waals surface area contributed by atoms with Gasteiger partial charge in [0.15, 0.2) is 0 Å². The fourth-order valence-electron chi connectivity index (χ4n) is 1.19. The molecule has 0 aliphatic heterocycles. The van der Waals surface area contributed by atoms with Gasteiger partial charge in [-0.15, -0.1) is 0 Å². The molecule has 0 bridgehead atoms. The summed E-state index contributed by atoms with van der Waals surface area (Å²) in [7, 11) is 0. The molecule has 0 radical (unpaired) electrons. The largest absolute Gasteiger partial charge is 0.507 e. The van der Waals surface area contributed by atoms with Crippen LogP contribution in [-0.2, 0) is 0 Å². The van der Waals surface area contributed by atoms with Crippen molar-refractivity contribution in [2.75, 3.05) is 0 Å². The van der Waals surface area contributed by atoms with Crippen LogP contribution in [-0.4, -0.2) is 5.11 Å². The zero-order chi connectivity index (χ0) is 11.5. The Hall–Kier alpha value is -1.55. The lowest BCUT2D eigenvalue weighted by Gasteiger charge is -2.06. The molecule has 0 aliphatic carbocycles. The molecule has 4 heteroatoms. The van der Waals surface area contributed by atoms with Crippen LogP contribution in [0.15, 0.2) is 46.9 Å². The number of benzene rings is 2. The smallest absolute Gasteiger partial charge is 0.130 e. The molecule has 0 aromatic heterocycles. The van der Waals surface area contributed by atoms with Crippen molar-refractivity contribution in [2.24, 2.45) is 0 Å². The Bertz CT molecular complexity index is 497. The van der Waals surface area contributed by atoms with E-state index in [4.69, 9.17) is 4.74 Å². The molecule has 2 rings (SSSR count). The van der Waals surface area contributed by atoms with Gasteiger partial charge in [-0.1, -0.05) is 0 Å². The Balaban J connectivity index is 2.20. The molecule has 0 aliphatic rings. The molecule has 0 spiro atoms. The Labute approximate surface area is 100 Å². The molecule has 2 aromatic rings. The summed E-state index contributed by atoms with van der Waals surface area (Å²) in [4.78, 5) is 0. The zero-order valence-corrected chi connectivity index (χ0v) is 9.74. The van der Waals surface area contributed by atoms with Crippen molar-refractivity contribution in [3.63, 3.8) is 0 Å². The number of ether oxygens (including phenoxy) is 1. The van der Waals surface area contributed by atoms with Crippen molar-refractivity contribution in [3.8, 4) is 17.2 Å². The molecular formula is C12H8BrFO2. The van der Waals surface area contributed by atoms with E-state index in [1.54, 1.807) is 12.1 Å². The predicted octanol–water partition coefficient (Wildman–Crippen LogP) is 4.09. The van der Waals surface area contributed by atoms with Crippen molar-refractivity contribution < 1.29 is 14.2 Å². The summed E-state index contributed by atoms with van der Waals surface area (Å²) < 4.78 is 18.7. The summed E-state index contributed by atoms with van der Waals surface area (Å²) in [6, 6.07) is 10.5. The van der Waals surface area contributed by atoms with Crippen LogP contribution >= 0.6 is 15.9 Å². The Morgan fingerprint density at radius 1 is 1.00 bits per heavy atom. The van der Waals surface area contributed by atoms with E-state index >= 15 is 0 Å². The van der Waals surface area contributed by atoms with Crippen LogP contribution in [0.4, 0.5) is 4.39 Å². The van der Waals surface area contributed by atoms with Crippen LogP contribution in [0.5, 0.6) is 17.2 Å². The Morgan fingerprint density at radius 2 is 1.62 bits per heavy atom. The van der Waals surface area contributed by atoms with Crippen LogP contribution in [0.1, 0.15) is 0 Å². The summed E-state index contributed by atoms with van der Waals surface area (Å²) in [6.07, 6.45) is 0. The summed E-state index contributed by atoms with van der Waals surface area (Å²) in [6.45, 7) is 0. The van der Waals surface area contributed by atoms with Crippen LogP contribution in [0.3, 0.4) is 0 Å². The molecule has 2 aromatic carbocycles. The summed E-state index contributed by atoms with van der Waals surface area (Å²) in [5.41, 5.74) is 0. The predicted molar refractivity (Wildman–Crippen MR) is 62.3 cm³/mol. The van der Waals surface area contributed by atoms with Crippen LogP contribution in [0.25, 0.3) is 0 Å². The van der Waals surface area contributed by atoms with Gasteiger partial charge in [0.2, 0.25) is 0 Å². The van der Waals surface area contributed by atoms with E-state index in [9.17, 15) is 9.50 Å². The monoisotopic (exact) mass is 282 g/mol. The molecule has 0 amide bonds. The first kappa shape index (κ1) is 11.0. The van der Waals surface area contributed by atoms with Crippen molar-refractivity contribution in [2.45, 2.75) is 0 Å². The fourth-order valence-corrected chi connectivity index (χ4v) is 1.55. The normalized spacial score (nSPS) is 10.1. The third-order valence-corrected chi connectivity index (χ3v) is 2.60. The SMILES string of the molecule is Oc1ccc(Oc2ccc(F)cc2)cc1Br. The van der Waals surface area contributed by atoms with Gasteiger partial charge >= 0.3 is 0 Å². The molecule has 0 unspecified atom stereocenters. The van der Waals surface area contributed by atoms with Gasteiger partial charge in [0, 0.05) is 0 Å². The van der Waals surface area contributed by atoms with Gasteiger partial charge in [0.25, 0.3) is 0 Å². The van der Waals surface area contributed by atoms with Crippen molar-refractivity contribution in [1.29, 1.82) is 0 Å². The van der Waals surface area contributed by atoms with Crippen molar-refractivity contribution in [3.05, 3.63) is 52.8 Å². The van der Waals surface area contributed by atoms with E-state index in [0.29, 0.717) is 16.0 Å². The second kappa shape index (κ2) is 4.53. The molecule has 2 nitrogen and oxygen atoms in total. The second-order valence-corrected chi connectivity index (χ2v) is 4.02. The van der Waals surface area contributed by atoms with E-state index < -0.39 is 0 Å². The van der Waals surface area contributed by atoms with E-state index in [1.165, 1.54) is 30.3 Å². The quantitative estimate of drug-likeness (QED) is 0.899. The highest BCUT2D eigenvalue weighted by Crippen LogP contribution is 2.30. The third kappa shape index (κ3) is 2.52. The van der Waals surface area contributed by atoms with Gasteiger partial charge in [0.05, 0.1) is 4.47 Å². The lowest BCUT2D eigenvalue weighted by molar-refractivity contribution is 0.460. The molecule has 0 atom stereocenters. The highest BCUT2D eigenvalue weighted by molar-refractivity contribution is 9.10. The molecule has 16 heavy (non-hydrogen) atoms. The molecule has 0 heterocycles. The molecule has 0 saturated heterocycles.